The lowest BCUT2D eigenvalue weighted by Gasteiger charge is -2.17. The van der Waals surface area contributed by atoms with Crippen LogP contribution in [0.3, 0.4) is 0 Å². The van der Waals surface area contributed by atoms with Crippen molar-refractivity contribution in [3.63, 3.8) is 0 Å². The Morgan fingerprint density at radius 1 is 1.07 bits per heavy atom. The molecule has 0 bridgehead atoms. The highest BCUT2D eigenvalue weighted by Gasteiger charge is 2.33. The predicted molar refractivity (Wildman–Crippen MR) is 107 cm³/mol. The van der Waals surface area contributed by atoms with Crippen LogP contribution in [0, 0.1) is 0 Å². The van der Waals surface area contributed by atoms with Crippen LogP contribution in [0.4, 0.5) is 4.79 Å². The lowest BCUT2D eigenvalue weighted by molar-refractivity contribution is 0.0951. The average Bonchev–Trinajstić information content (AvgIpc) is 3.24. The summed E-state index contributed by atoms with van der Waals surface area (Å²) in [5.41, 5.74) is 3.92. The maximum Gasteiger partial charge on any atom is 0.407 e. The minimum atomic E-state index is -0.943. The van der Waals surface area contributed by atoms with Crippen LogP contribution in [-0.2, 0) is 0 Å². The summed E-state index contributed by atoms with van der Waals surface area (Å²) in [7, 11) is 0. The standard InChI is InChI=1S/C22H21N3O4/c26-20(23-16-8-9-16)14-5-3-13(4-6-14)15-7-10-17-19(12-15)29-21(24-17)18-2-1-11-25(18)22(27)28/h3-7,10,12,16,18H,1-2,8-9,11H2,(H,23,26)(H,27,28). The first-order valence-corrected chi connectivity index (χ1v) is 9.90. The number of hydrogen-bond donors (Lipinski definition) is 2. The van der Waals surface area contributed by atoms with E-state index in [-0.39, 0.29) is 11.9 Å². The van der Waals surface area contributed by atoms with E-state index < -0.39 is 6.09 Å². The molecule has 1 aliphatic carbocycles. The van der Waals surface area contributed by atoms with Gasteiger partial charge in [0.05, 0.1) is 0 Å². The number of nitrogens with one attached hydrogen (secondary N) is 1. The molecule has 1 unspecified atom stereocenters. The van der Waals surface area contributed by atoms with Gasteiger partial charge in [-0.1, -0.05) is 18.2 Å². The molecular weight excluding hydrogens is 370 g/mol. The minimum Gasteiger partial charge on any atom is -0.465 e. The molecule has 2 aromatic carbocycles. The number of aromatic nitrogens is 1. The second-order valence-corrected chi connectivity index (χ2v) is 7.69. The lowest BCUT2D eigenvalue weighted by Crippen LogP contribution is -2.28. The monoisotopic (exact) mass is 391 g/mol. The molecule has 2 aliphatic rings. The zero-order valence-electron chi connectivity index (χ0n) is 15.8. The molecule has 1 aromatic heterocycles. The quantitative estimate of drug-likeness (QED) is 0.695. The normalized spacial score (nSPS) is 18.9. The molecule has 2 fully saturated rings. The van der Waals surface area contributed by atoms with Crippen LogP contribution in [0.15, 0.2) is 46.9 Å². The number of hydrogen-bond acceptors (Lipinski definition) is 4. The number of benzene rings is 2. The van der Waals surface area contributed by atoms with Gasteiger partial charge in [0.15, 0.2) is 5.58 Å². The van der Waals surface area contributed by atoms with Crippen molar-refractivity contribution in [3.8, 4) is 11.1 Å². The van der Waals surface area contributed by atoms with E-state index in [1.807, 2.05) is 42.5 Å². The van der Waals surface area contributed by atoms with E-state index in [0.717, 1.165) is 36.8 Å². The summed E-state index contributed by atoms with van der Waals surface area (Å²) in [4.78, 5) is 29.4. The molecule has 7 heteroatoms. The Labute approximate surface area is 167 Å². The van der Waals surface area contributed by atoms with Crippen LogP contribution in [0.1, 0.15) is 48.0 Å². The first-order valence-electron chi connectivity index (χ1n) is 9.90. The topological polar surface area (TPSA) is 95.7 Å². The van der Waals surface area contributed by atoms with Gasteiger partial charge in [0.1, 0.15) is 11.6 Å². The molecular formula is C22H21N3O4. The van der Waals surface area contributed by atoms with Gasteiger partial charge in [0.2, 0.25) is 5.89 Å². The minimum absolute atomic E-state index is 0.0334. The van der Waals surface area contributed by atoms with E-state index in [1.54, 1.807) is 0 Å². The zero-order valence-corrected chi connectivity index (χ0v) is 15.8. The fourth-order valence-corrected chi connectivity index (χ4v) is 3.83. The van der Waals surface area contributed by atoms with Gasteiger partial charge in [0, 0.05) is 18.2 Å². The highest BCUT2D eigenvalue weighted by molar-refractivity contribution is 5.95. The summed E-state index contributed by atoms with van der Waals surface area (Å²) in [5.74, 6) is 0.415. The van der Waals surface area contributed by atoms with Crippen LogP contribution in [0.25, 0.3) is 22.2 Å². The second kappa shape index (κ2) is 6.92. The lowest BCUT2D eigenvalue weighted by atomic mass is 10.0. The Morgan fingerprint density at radius 3 is 2.55 bits per heavy atom. The van der Waals surface area contributed by atoms with Gasteiger partial charge >= 0.3 is 6.09 Å². The highest BCUT2D eigenvalue weighted by Crippen LogP contribution is 2.34. The molecule has 1 atom stereocenters. The van der Waals surface area contributed by atoms with Crippen molar-refractivity contribution in [2.75, 3.05) is 6.54 Å². The van der Waals surface area contributed by atoms with Crippen molar-refractivity contribution in [2.24, 2.45) is 0 Å². The van der Waals surface area contributed by atoms with Gasteiger partial charge in [-0.15, -0.1) is 0 Å². The summed E-state index contributed by atoms with van der Waals surface area (Å²) in [6.07, 6.45) is 2.71. The Kier molecular flexibility index (Phi) is 4.23. The van der Waals surface area contributed by atoms with Gasteiger partial charge in [0.25, 0.3) is 5.91 Å². The van der Waals surface area contributed by atoms with Crippen molar-refractivity contribution in [1.82, 2.24) is 15.2 Å². The van der Waals surface area contributed by atoms with Gasteiger partial charge in [-0.2, -0.15) is 0 Å². The van der Waals surface area contributed by atoms with Crippen LogP contribution in [-0.4, -0.2) is 39.6 Å². The van der Waals surface area contributed by atoms with E-state index in [1.165, 1.54) is 4.90 Å². The number of oxazole rings is 1. The number of likely N-dealkylation sites (tertiary alicyclic amines) is 1. The first kappa shape index (κ1) is 17.7. The van der Waals surface area contributed by atoms with Crippen LogP contribution >= 0.6 is 0 Å². The molecule has 7 nitrogen and oxygen atoms in total. The van der Waals surface area contributed by atoms with Crippen LogP contribution in [0.2, 0.25) is 0 Å². The molecule has 29 heavy (non-hydrogen) atoms. The molecule has 0 radical (unpaired) electrons. The third kappa shape index (κ3) is 3.44. The van der Waals surface area contributed by atoms with Crippen molar-refractivity contribution in [3.05, 3.63) is 53.9 Å². The largest absolute Gasteiger partial charge is 0.465 e. The third-order valence-electron chi connectivity index (χ3n) is 5.58. The number of amides is 2. The number of carbonyl (C=O) groups excluding carboxylic acids is 1. The number of fused-ring (bicyclic) bond motifs is 1. The summed E-state index contributed by atoms with van der Waals surface area (Å²) >= 11 is 0. The van der Waals surface area contributed by atoms with Crippen molar-refractivity contribution >= 4 is 23.1 Å². The Balaban J connectivity index is 1.39. The molecule has 0 spiro atoms. The smallest absolute Gasteiger partial charge is 0.407 e. The number of nitrogens with zero attached hydrogens (tertiary/aromatic N) is 2. The van der Waals surface area contributed by atoms with Gasteiger partial charge in [-0.05, 0) is 61.1 Å². The summed E-state index contributed by atoms with van der Waals surface area (Å²) in [6.45, 7) is 0.505. The predicted octanol–water partition coefficient (Wildman–Crippen LogP) is 4.20. The summed E-state index contributed by atoms with van der Waals surface area (Å²) < 4.78 is 5.93. The fraction of sp³-hybridized carbons (Fsp3) is 0.318. The average molecular weight is 391 g/mol. The molecule has 5 rings (SSSR count). The molecule has 2 amide bonds. The summed E-state index contributed by atoms with van der Waals surface area (Å²) in [6, 6.07) is 13.2. The van der Waals surface area contributed by atoms with Crippen LogP contribution in [0.5, 0.6) is 0 Å². The Morgan fingerprint density at radius 2 is 1.83 bits per heavy atom. The van der Waals surface area contributed by atoms with E-state index in [4.69, 9.17) is 4.42 Å². The van der Waals surface area contributed by atoms with Gasteiger partial charge in [-0.3, -0.25) is 9.69 Å². The van der Waals surface area contributed by atoms with Crippen molar-refractivity contribution in [1.29, 1.82) is 0 Å². The van der Waals surface area contributed by atoms with Gasteiger partial charge < -0.3 is 14.8 Å². The zero-order chi connectivity index (χ0) is 20.0. The van der Waals surface area contributed by atoms with Crippen LogP contribution < -0.4 is 5.32 Å². The SMILES string of the molecule is O=C(NC1CC1)c1ccc(-c2ccc3nc(C4CCCN4C(=O)O)oc3c2)cc1. The van der Waals surface area contributed by atoms with Crippen molar-refractivity contribution in [2.45, 2.75) is 37.8 Å². The van der Waals surface area contributed by atoms with Crippen molar-refractivity contribution < 1.29 is 19.1 Å². The third-order valence-corrected chi connectivity index (χ3v) is 5.58. The molecule has 148 valence electrons. The second-order valence-electron chi connectivity index (χ2n) is 7.69. The highest BCUT2D eigenvalue weighted by atomic mass is 16.4. The fourth-order valence-electron chi connectivity index (χ4n) is 3.83. The molecule has 1 saturated carbocycles. The van der Waals surface area contributed by atoms with Gasteiger partial charge in [-0.25, -0.2) is 9.78 Å². The number of carboxylic acid groups (broad SMARTS) is 1. The maximum absolute atomic E-state index is 12.1. The Hall–Kier alpha value is -3.35. The molecule has 3 aromatic rings. The maximum atomic E-state index is 12.1. The number of carbonyl (C=O) groups is 2. The van der Waals surface area contributed by atoms with E-state index in [9.17, 15) is 14.7 Å². The molecule has 1 saturated heterocycles. The molecule has 2 heterocycles. The molecule has 2 N–H and O–H groups in total. The first-order chi connectivity index (χ1) is 14.1. The van der Waals surface area contributed by atoms with E-state index >= 15 is 0 Å². The number of rotatable bonds is 4. The van der Waals surface area contributed by atoms with E-state index in [0.29, 0.717) is 35.1 Å². The summed E-state index contributed by atoms with van der Waals surface area (Å²) in [5, 5.41) is 12.3. The van der Waals surface area contributed by atoms with E-state index in [2.05, 4.69) is 10.3 Å². The Bertz CT molecular complexity index is 1090. The molecule has 1 aliphatic heterocycles.